The van der Waals surface area contributed by atoms with Gasteiger partial charge in [0, 0.05) is 11.7 Å². The Bertz CT molecular complexity index is 777. The number of aromatic nitrogens is 4. The Kier molecular flexibility index (Phi) is 4.20. The number of halogens is 1. The maximum absolute atomic E-state index is 14.1. The highest BCUT2D eigenvalue weighted by Crippen LogP contribution is 2.33. The SMILES string of the molecule is Cc1nnnn1-c1cc(NC(=O)C2CC3CCCCC3N2)ccc1F. The quantitative estimate of drug-likeness (QED) is 0.889. The summed E-state index contributed by atoms with van der Waals surface area (Å²) in [6.07, 6.45) is 5.70. The first-order valence-electron chi connectivity index (χ1n) is 8.73. The second kappa shape index (κ2) is 6.51. The first kappa shape index (κ1) is 16.1. The molecule has 25 heavy (non-hydrogen) atoms. The molecular formula is C17H21FN6O. The summed E-state index contributed by atoms with van der Waals surface area (Å²) in [5.74, 6) is 0.555. The molecule has 3 unspecified atom stereocenters. The summed E-state index contributed by atoms with van der Waals surface area (Å²) in [6, 6.07) is 4.69. The fourth-order valence-corrected chi connectivity index (χ4v) is 3.96. The number of hydrogen-bond donors (Lipinski definition) is 2. The van der Waals surface area contributed by atoms with E-state index in [9.17, 15) is 9.18 Å². The van der Waals surface area contributed by atoms with Gasteiger partial charge in [-0.2, -0.15) is 4.68 Å². The molecule has 1 saturated heterocycles. The van der Waals surface area contributed by atoms with Crippen molar-refractivity contribution in [2.24, 2.45) is 5.92 Å². The van der Waals surface area contributed by atoms with Crippen LogP contribution in [0, 0.1) is 18.7 Å². The summed E-state index contributed by atoms with van der Waals surface area (Å²) >= 11 is 0. The second-order valence-electron chi connectivity index (χ2n) is 6.90. The summed E-state index contributed by atoms with van der Waals surface area (Å²) in [5, 5.41) is 17.4. The summed E-state index contributed by atoms with van der Waals surface area (Å²) in [5.41, 5.74) is 0.751. The number of carbonyl (C=O) groups excluding carboxylic acids is 1. The van der Waals surface area contributed by atoms with Crippen LogP contribution in [0.25, 0.3) is 5.69 Å². The van der Waals surface area contributed by atoms with E-state index >= 15 is 0 Å². The van der Waals surface area contributed by atoms with Crippen molar-refractivity contribution in [1.29, 1.82) is 0 Å². The highest BCUT2D eigenvalue weighted by atomic mass is 19.1. The van der Waals surface area contributed by atoms with Gasteiger partial charge in [-0.05, 0) is 60.7 Å². The number of carbonyl (C=O) groups is 1. The molecule has 132 valence electrons. The van der Waals surface area contributed by atoms with Gasteiger partial charge in [-0.1, -0.05) is 12.8 Å². The van der Waals surface area contributed by atoms with Crippen molar-refractivity contribution >= 4 is 11.6 Å². The van der Waals surface area contributed by atoms with Crippen molar-refractivity contribution < 1.29 is 9.18 Å². The molecule has 1 aromatic carbocycles. The lowest BCUT2D eigenvalue weighted by atomic mass is 9.85. The molecule has 1 aliphatic carbocycles. The summed E-state index contributed by atoms with van der Waals surface area (Å²) in [4.78, 5) is 12.6. The molecule has 0 bridgehead atoms. The molecule has 8 heteroatoms. The van der Waals surface area contributed by atoms with Crippen molar-refractivity contribution in [3.05, 3.63) is 29.8 Å². The fraction of sp³-hybridized carbons (Fsp3) is 0.529. The lowest BCUT2D eigenvalue weighted by Crippen LogP contribution is -2.39. The number of aryl methyl sites for hydroxylation is 1. The van der Waals surface area contributed by atoms with Gasteiger partial charge < -0.3 is 10.6 Å². The van der Waals surface area contributed by atoms with Gasteiger partial charge in [0.25, 0.3) is 0 Å². The smallest absolute Gasteiger partial charge is 0.241 e. The number of fused-ring (bicyclic) bond motifs is 1. The molecule has 1 aromatic heterocycles. The number of hydrogen-bond acceptors (Lipinski definition) is 5. The van der Waals surface area contributed by atoms with Gasteiger partial charge in [0.05, 0.1) is 6.04 Å². The van der Waals surface area contributed by atoms with E-state index in [1.807, 2.05) is 0 Å². The van der Waals surface area contributed by atoms with Crippen LogP contribution in [0.4, 0.5) is 10.1 Å². The Hall–Kier alpha value is -2.35. The van der Waals surface area contributed by atoms with Gasteiger partial charge in [0.15, 0.2) is 5.82 Å². The molecule has 2 N–H and O–H groups in total. The van der Waals surface area contributed by atoms with Gasteiger partial charge >= 0.3 is 0 Å². The first-order valence-corrected chi connectivity index (χ1v) is 8.73. The van der Waals surface area contributed by atoms with Gasteiger partial charge in [-0.15, -0.1) is 5.10 Å². The zero-order valence-electron chi connectivity index (χ0n) is 14.1. The van der Waals surface area contributed by atoms with E-state index in [2.05, 4.69) is 26.2 Å². The van der Waals surface area contributed by atoms with Crippen LogP contribution in [-0.2, 0) is 4.79 Å². The first-order chi connectivity index (χ1) is 12.1. The van der Waals surface area contributed by atoms with Crippen molar-refractivity contribution in [3.63, 3.8) is 0 Å². The maximum Gasteiger partial charge on any atom is 0.241 e. The van der Waals surface area contributed by atoms with Gasteiger partial charge in [-0.3, -0.25) is 4.79 Å². The maximum atomic E-state index is 14.1. The predicted octanol–water partition coefficient (Wildman–Crippen LogP) is 1.97. The number of nitrogens with zero attached hydrogens (tertiary/aromatic N) is 4. The van der Waals surface area contributed by atoms with E-state index in [-0.39, 0.29) is 17.6 Å². The highest BCUT2D eigenvalue weighted by Gasteiger charge is 2.38. The number of amides is 1. The summed E-state index contributed by atoms with van der Waals surface area (Å²) < 4.78 is 15.4. The minimum atomic E-state index is -0.446. The van der Waals surface area contributed by atoms with Gasteiger partial charge in [0.2, 0.25) is 5.91 Å². The van der Waals surface area contributed by atoms with Crippen molar-refractivity contribution in [3.8, 4) is 5.69 Å². The third-order valence-electron chi connectivity index (χ3n) is 5.25. The molecule has 3 atom stereocenters. The molecule has 0 spiro atoms. The van der Waals surface area contributed by atoms with Gasteiger partial charge in [0.1, 0.15) is 11.5 Å². The molecular weight excluding hydrogens is 323 g/mol. The van der Waals surface area contributed by atoms with E-state index in [1.54, 1.807) is 19.1 Å². The van der Waals surface area contributed by atoms with Crippen LogP contribution in [0.1, 0.15) is 37.9 Å². The zero-order chi connectivity index (χ0) is 17.4. The van der Waals surface area contributed by atoms with Crippen LogP contribution in [-0.4, -0.2) is 38.2 Å². The average Bonchev–Trinajstić information content (AvgIpc) is 3.22. The second-order valence-corrected chi connectivity index (χ2v) is 6.90. The van der Waals surface area contributed by atoms with Crippen molar-refractivity contribution in [1.82, 2.24) is 25.5 Å². The van der Waals surface area contributed by atoms with E-state index in [4.69, 9.17) is 0 Å². The largest absolute Gasteiger partial charge is 0.325 e. The standard InChI is InChI=1S/C17H21FN6O/c1-10-21-22-23-24(10)16-9-12(6-7-13(16)18)19-17(25)15-8-11-4-2-3-5-14(11)20-15/h6-7,9,11,14-15,20H,2-5,8H2,1H3,(H,19,25). The Morgan fingerprint density at radius 1 is 1.36 bits per heavy atom. The molecule has 1 amide bonds. The Morgan fingerprint density at radius 3 is 2.96 bits per heavy atom. The van der Waals surface area contributed by atoms with Gasteiger partial charge in [-0.25, -0.2) is 4.39 Å². The van der Waals surface area contributed by atoms with E-state index in [1.165, 1.54) is 30.0 Å². The minimum Gasteiger partial charge on any atom is -0.325 e. The number of anilines is 1. The third kappa shape index (κ3) is 3.13. The Morgan fingerprint density at radius 2 is 2.20 bits per heavy atom. The third-order valence-corrected chi connectivity index (χ3v) is 5.25. The van der Waals surface area contributed by atoms with Crippen molar-refractivity contribution in [2.75, 3.05) is 5.32 Å². The van der Waals surface area contributed by atoms with E-state index in [0.29, 0.717) is 23.5 Å². The molecule has 0 radical (unpaired) electrons. The topological polar surface area (TPSA) is 84.7 Å². The van der Waals surface area contributed by atoms with E-state index in [0.717, 1.165) is 12.8 Å². The molecule has 2 aliphatic rings. The van der Waals surface area contributed by atoms with Crippen LogP contribution in [0.15, 0.2) is 18.2 Å². The van der Waals surface area contributed by atoms with Crippen LogP contribution in [0.5, 0.6) is 0 Å². The predicted molar refractivity (Wildman–Crippen MR) is 89.8 cm³/mol. The normalized spacial score (nSPS) is 25.6. The number of rotatable bonds is 3. The number of tetrazole rings is 1. The molecule has 2 aromatic rings. The highest BCUT2D eigenvalue weighted by molar-refractivity contribution is 5.95. The summed E-state index contributed by atoms with van der Waals surface area (Å²) in [7, 11) is 0. The lowest BCUT2D eigenvalue weighted by molar-refractivity contribution is -0.117. The monoisotopic (exact) mass is 344 g/mol. The molecule has 2 heterocycles. The Labute approximate surface area is 145 Å². The molecule has 4 rings (SSSR count). The number of nitrogens with one attached hydrogen (secondary N) is 2. The average molecular weight is 344 g/mol. The van der Waals surface area contributed by atoms with Crippen LogP contribution >= 0.6 is 0 Å². The minimum absolute atomic E-state index is 0.0691. The molecule has 7 nitrogen and oxygen atoms in total. The van der Waals surface area contributed by atoms with Crippen LogP contribution in [0.2, 0.25) is 0 Å². The van der Waals surface area contributed by atoms with Crippen LogP contribution < -0.4 is 10.6 Å². The molecule has 1 saturated carbocycles. The Balaban J connectivity index is 1.49. The molecule has 1 aliphatic heterocycles. The van der Waals surface area contributed by atoms with Crippen LogP contribution in [0.3, 0.4) is 0 Å². The van der Waals surface area contributed by atoms with E-state index < -0.39 is 5.82 Å². The fourth-order valence-electron chi connectivity index (χ4n) is 3.96. The number of benzene rings is 1. The molecule has 2 fully saturated rings. The zero-order valence-corrected chi connectivity index (χ0v) is 14.1. The van der Waals surface area contributed by atoms with Crippen molar-refractivity contribution in [2.45, 2.75) is 51.1 Å². The lowest BCUT2D eigenvalue weighted by Gasteiger charge is -2.24. The summed E-state index contributed by atoms with van der Waals surface area (Å²) in [6.45, 7) is 1.69.